The number of benzene rings is 3. The topological polar surface area (TPSA) is 54.4 Å². The molecule has 0 spiro atoms. The molecule has 0 aliphatic carbocycles. The molecule has 8 heteroatoms. The molecule has 0 aliphatic heterocycles. The molecule has 0 aromatic heterocycles. The van der Waals surface area contributed by atoms with Crippen molar-refractivity contribution in [3.63, 3.8) is 0 Å². The van der Waals surface area contributed by atoms with Gasteiger partial charge in [-0.05, 0) is 0 Å². The first-order valence-corrected chi connectivity index (χ1v) is 13.7. The summed E-state index contributed by atoms with van der Waals surface area (Å²) < 4.78 is 32.4. The van der Waals surface area contributed by atoms with Crippen LogP contribution in [-0.2, 0) is 10.1 Å². The van der Waals surface area contributed by atoms with Crippen molar-refractivity contribution in [2.24, 2.45) is 0 Å². The second-order valence-corrected chi connectivity index (χ2v) is 20.3. The normalized spacial score (nSPS) is 13.3. The van der Waals surface area contributed by atoms with Gasteiger partial charge in [-0.25, -0.2) is 0 Å². The fraction of sp³-hybridized carbons (Fsp3) is 0.0526. The maximum atomic E-state index is 11.8. The summed E-state index contributed by atoms with van der Waals surface area (Å²) >= 11 is 11.3. The van der Waals surface area contributed by atoms with Gasteiger partial charge < -0.3 is 0 Å². The molecule has 0 aliphatic rings. The molecule has 0 saturated heterocycles. The molecule has 0 bridgehead atoms. The van der Waals surface area contributed by atoms with Crippen LogP contribution < -0.4 is 15.9 Å². The van der Waals surface area contributed by atoms with Crippen molar-refractivity contribution in [3.05, 3.63) is 84.9 Å². The molecule has 142 valence electrons. The van der Waals surface area contributed by atoms with E-state index in [4.69, 9.17) is 0 Å². The zero-order valence-electron chi connectivity index (χ0n) is 13.9. The Hall–Kier alpha value is -0.560. The summed E-state index contributed by atoms with van der Waals surface area (Å²) in [5.74, 6) is 0. The molecule has 0 heterocycles. The van der Waals surface area contributed by atoms with E-state index in [2.05, 4.69) is 47.8 Å². The van der Waals surface area contributed by atoms with Crippen LogP contribution in [0.25, 0.3) is 0 Å². The molecular weight excluding hydrogens is 579 g/mol. The zero-order chi connectivity index (χ0) is 19.7. The Morgan fingerprint density at radius 3 is 1.56 bits per heavy atom. The Bertz CT molecular complexity index is 997. The van der Waals surface area contributed by atoms with Crippen LogP contribution in [0.3, 0.4) is 0 Å². The van der Waals surface area contributed by atoms with Gasteiger partial charge in [0.1, 0.15) is 0 Å². The Kier molecular flexibility index (Phi) is 6.31. The van der Waals surface area contributed by atoms with Crippen molar-refractivity contribution in [2.75, 3.05) is 0 Å². The summed E-state index contributed by atoms with van der Waals surface area (Å²) in [6, 6.07) is 26.4. The van der Waals surface area contributed by atoms with Gasteiger partial charge >= 0.3 is 186 Å². The van der Waals surface area contributed by atoms with Gasteiger partial charge in [0.25, 0.3) is 0 Å². The summed E-state index contributed by atoms with van der Waals surface area (Å²) in [6.45, 7) is 0. The maximum absolute atomic E-state index is 11.8. The summed E-state index contributed by atoms with van der Waals surface area (Å²) in [7, 11) is -7.18. The minimum absolute atomic E-state index is 0.125. The first-order valence-electron chi connectivity index (χ1n) is 7.93. The van der Waals surface area contributed by atoms with Crippen LogP contribution in [0.1, 0.15) is 0 Å². The Morgan fingerprint density at radius 2 is 1.15 bits per heavy atom. The van der Waals surface area contributed by atoms with E-state index >= 15 is 0 Å². The fourth-order valence-electron chi connectivity index (χ4n) is 3.26. The molecule has 3 nitrogen and oxygen atoms in total. The average Bonchev–Trinajstić information content (AvgIpc) is 2.63. The molecule has 0 radical (unpaired) electrons. The van der Waals surface area contributed by atoms with Crippen molar-refractivity contribution in [3.8, 4) is 0 Å². The van der Waals surface area contributed by atoms with Gasteiger partial charge in [-0.15, -0.1) is 0 Å². The fourth-order valence-corrected chi connectivity index (χ4v) is 14.2. The summed E-state index contributed by atoms with van der Waals surface area (Å²) in [6.07, 6.45) is 0. The third-order valence-corrected chi connectivity index (χ3v) is 15.0. The molecule has 1 N–H and O–H groups in total. The van der Waals surface area contributed by atoms with E-state index in [0.717, 1.165) is 15.9 Å². The standard InChI is InChI=1S/C19H16Br3O3PS/c20-19(21,22)26(15-8-3-1-4-9-15,16-10-5-2-6-11-16)17-12-7-13-18(14-17)27(23,24)25/h1-14,26H,(H,23,24,25). The SMILES string of the molecule is O=S(=O)(O)c1cccc([PH](c2ccccc2)(c2ccccc2)C(Br)(Br)Br)c1. The summed E-state index contributed by atoms with van der Waals surface area (Å²) in [4.78, 5) is -0.125. The molecule has 0 saturated carbocycles. The van der Waals surface area contributed by atoms with Crippen LogP contribution in [-0.4, -0.2) is 14.9 Å². The van der Waals surface area contributed by atoms with Crippen LogP contribution in [0.2, 0.25) is 0 Å². The van der Waals surface area contributed by atoms with Crippen LogP contribution in [0.4, 0.5) is 0 Å². The zero-order valence-corrected chi connectivity index (χ0v) is 20.5. The first-order chi connectivity index (χ1) is 12.7. The van der Waals surface area contributed by atoms with E-state index < -0.39 is 19.3 Å². The number of hydrogen-bond acceptors (Lipinski definition) is 2. The predicted molar refractivity (Wildman–Crippen MR) is 126 cm³/mol. The monoisotopic (exact) mass is 592 g/mol. The predicted octanol–water partition coefficient (Wildman–Crippen LogP) is 4.76. The first kappa shape index (κ1) is 21.2. The van der Waals surface area contributed by atoms with Crippen LogP contribution in [0.15, 0.2) is 89.8 Å². The van der Waals surface area contributed by atoms with Crippen LogP contribution in [0.5, 0.6) is 0 Å². The van der Waals surface area contributed by atoms with Crippen molar-refractivity contribution >= 4 is 81.1 Å². The van der Waals surface area contributed by atoms with Crippen LogP contribution >= 0.6 is 55.1 Å². The third kappa shape index (κ3) is 4.09. The molecule has 0 unspecified atom stereocenters. The Labute approximate surface area is 184 Å². The number of halogens is 3. The van der Waals surface area contributed by atoms with Crippen molar-refractivity contribution in [1.82, 2.24) is 0 Å². The molecule has 0 atom stereocenters. The summed E-state index contributed by atoms with van der Waals surface area (Å²) in [5.41, 5.74) is 0. The van der Waals surface area contributed by atoms with E-state index in [9.17, 15) is 13.0 Å². The number of alkyl halides is 3. The van der Waals surface area contributed by atoms with E-state index in [0.29, 0.717) is 0 Å². The average molecular weight is 595 g/mol. The second-order valence-electron chi connectivity index (χ2n) is 5.98. The van der Waals surface area contributed by atoms with Crippen molar-refractivity contribution in [2.45, 2.75) is 6.78 Å². The molecule has 3 aromatic rings. The molecule has 3 aromatic carbocycles. The third-order valence-electron chi connectivity index (χ3n) is 4.40. The second kappa shape index (κ2) is 8.05. The minimum atomic E-state index is -4.32. The van der Waals surface area contributed by atoms with Gasteiger partial charge in [-0.3, -0.25) is 0 Å². The van der Waals surface area contributed by atoms with Crippen LogP contribution in [0, 0.1) is 0 Å². The molecule has 0 fully saturated rings. The van der Waals surface area contributed by atoms with Gasteiger partial charge in [-0.2, -0.15) is 0 Å². The van der Waals surface area contributed by atoms with Crippen molar-refractivity contribution < 1.29 is 13.0 Å². The van der Waals surface area contributed by atoms with E-state index in [1.807, 2.05) is 66.7 Å². The molecule has 27 heavy (non-hydrogen) atoms. The van der Waals surface area contributed by atoms with Gasteiger partial charge in [0.05, 0.1) is 0 Å². The van der Waals surface area contributed by atoms with Gasteiger partial charge in [0.15, 0.2) is 0 Å². The van der Waals surface area contributed by atoms with Gasteiger partial charge in [0.2, 0.25) is 0 Å². The van der Waals surface area contributed by atoms with Gasteiger partial charge in [0, 0.05) is 0 Å². The molecule has 0 amide bonds. The van der Waals surface area contributed by atoms with Crippen molar-refractivity contribution in [1.29, 1.82) is 0 Å². The summed E-state index contributed by atoms with van der Waals surface area (Å²) in [5, 5.41) is 2.95. The van der Waals surface area contributed by atoms with E-state index in [-0.39, 0.29) is 4.90 Å². The van der Waals surface area contributed by atoms with E-state index in [1.54, 1.807) is 12.1 Å². The van der Waals surface area contributed by atoms with Gasteiger partial charge in [-0.1, -0.05) is 0 Å². The number of hydrogen-bond donors (Lipinski definition) is 1. The quantitative estimate of drug-likeness (QED) is 0.269. The Morgan fingerprint density at radius 1 is 0.704 bits per heavy atom. The molecule has 3 rings (SSSR count). The Balaban J connectivity index is 2.45. The number of rotatable bonds is 4. The van der Waals surface area contributed by atoms with E-state index in [1.165, 1.54) is 6.07 Å². The molecular formula is C19H16Br3O3PS.